The summed E-state index contributed by atoms with van der Waals surface area (Å²) in [6.07, 6.45) is -3.10. The van der Waals surface area contributed by atoms with E-state index in [0.29, 0.717) is 16.3 Å². The Morgan fingerprint density at radius 3 is 2.56 bits per heavy atom. The van der Waals surface area contributed by atoms with Crippen LogP contribution in [0.25, 0.3) is 0 Å². The molecule has 0 fully saturated rings. The van der Waals surface area contributed by atoms with Crippen LogP contribution in [0.5, 0.6) is 11.6 Å². The summed E-state index contributed by atoms with van der Waals surface area (Å²) >= 11 is 5.90. The molecular weight excluding hydrogens is 361 g/mol. The van der Waals surface area contributed by atoms with Crippen molar-refractivity contribution >= 4 is 17.5 Å². The van der Waals surface area contributed by atoms with Crippen LogP contribution in [0.3, 0.4) is 0 Å². The van der Waals surface area contributed by atoms with Gasteiger partial charge in [0.15, 0.2) is 13.2 Å². The number of halogens is 4. The number of benzene rings is 1. The molecule has 25 heavy (non-hydrogen) atoms. The molecule has 0 saturated carbocycles. The Morgan fingerprint density at radius 1 is 1.16 bits per heavy atom. The van der Waals surface area contributed by atoms with Gasteiger partial charge in [-0.05, 0) is 17.7 Å². The summed E-state index contributed by atoms with van der Waals surface area (Å²) in [5, 5.41) is 2.99. The molecule has 9 heteroatoms. The Hall–Kier alpha value is -2.48. The van der Waals surface area contributed by atoms with Crippen LogP contribution >= 0.6 is 11.6 Å². The van der Waals surface area contributed by atoms with E-state index in [1.807, 2.05) is 0 Å². The number of carbonyl (C=O) groups excluding carboxylic acids is 1. The van der Waals surface area contributed by atoms with E-state index >= 15 is 0 Å². The number of hydrogen-bond acceptors (Lipinski definition) is 4. The molecule has 0 unspecified atom stereocenters. The monoisotopic (exact) mass is 374 g/mol. The van der Waals surface area contributed by atoms with Crippen molar-refractivity contribution in [2.24, 2.45) is 0 Å². The van der Waals surface area contributed by atoms with E-state index in [1.54, 1.807) is 24.3 Å². The molecule has 2 aromatic rings. The number of carbonyl (C=O) groups is 1. The molecule has 1 aromatic heterocycles. The molecule has 1 N–H and O–H groups in total. The molecule has 0 bridgehead atoms. The molecule has 1 heterocycles. The second-order valence-electron chi connectivity index (χ2n) is 4.90. The summed E-state index contributed by atoms with van der Waals surface area (Å²) in [6.45, 7) is -1.48. The van der Waals surface area contributed by atoms with Gasteiger partial charge >= 0.3 is 6.18 Å². The number of alkyl halides is 3. The van der Waals surface area contributed by atoms with Crippen LogP contribution in [-0.2, 0) is 11.3 Å². The summed E-state index contributed by atoms with van der Waals surface area (Å²) < 4.78 is 45.9. The van der Waals surface area contributed by atoms with Crippen molar-refractivity contribution in [2.45, 2.75) is 12.7 Å². The molecule has 0 spiro atoms. The molecular formula is C16H14ClF3N2O3. The lowest BCUT2D eigenvalue weighted by Gasteiger charge is -2.10. The maximum absolute atomic E-state index is 12.0. The number of ether oxygens (including phenoxy) is 2. The molecule has 0 saturated heterocycles. The standard InChI is InChI=1S/C16H14ClF3N2O3/c17-12-3-1-2-4-13(12)24-9-14(23)21-7-11-5-6-15(22-8-11)25-10-16(18,19)20/h1-6,8H,7,9-10H2,(H,21,23). The third kappa shape index (κ3) is 6.88. The molecule has 0 aliphatic rings. The van der Waals surface area contributed by atoms with Crippen LogP contribution < -0.4 is 14.8 Å². The van der Waals surface area contributed by atoms with Crippen LogP contribution in [0.15, 0.2) is 42.6 Å². The summed E-state index contributed by atoms with van der Waals surface area (Å²) in [6, 6.07) is 9.56. The van der Waals surface area contributed by atoms with E-state index in [-0.39, 0.29) is 24.9 Å². The number of rotatable bonds is 7. The van der Waals surface area contributed by atoms with Crippen molar-refractivity contribution in [3.8, 4) is 11.6 Å². The number of aromatic nitrogens is 1. The lowest BCUT2D eigenvalue weighted by molar-refractivity contribution is -0.154. The highest BCUT2D eigenvalue weighted by molar-refractivity contribution is 6.32. The van der Waals surface area contributed by atoms with Crippen molar-refractivity contribution < 1.29 is 27.4 Å². The van der Waals surface area contributed by atoms with E-state index in [2.05, 4.69) is 15.0 Å². The number of amides is 1. The average molecular weight is 375 g/mol. The summed E-state index contributed by atoms with van der Waals surface area (Å²) in [4.78, 5) is 15.5. The van der Waals surface area contributed by atoms with E-state index in [9.17, 15) is 18.0 Å². The van der Waals surface area contributed by atoms with Crippen molar-refractivity contribution in [3.05, 3.63) is 53.2 Å². The number of nitrogens with zero attached hydrogens (tertiary/aromatic N) is 1. The Bertz CT molecular complexity index is 709. The van der Waals surface area contributed by atoms with Crippen LogP contribution in [-0.4, -0.2) is 30.3 Å². The fourth-order valence-electron chi connectivity index (χ4n) is 1.71. The average Bonchev–Trinajstić information content (AvgIpc) is 2.57. The zero-order valence-electron chi connectivity index (χ0n) is 12.8. The SMILES string of the molecule is O=C(COc1ccccc1Cl)NCc1ccc(OCC(F)(F)F)nc1. The zero-order chi connectivity index (χ0) is 18.3. The van der Waals surface area contributed by atoms with Gasteiger partial charge in [-0.2, -0.15) is 13.2 Å². The molecule has 134 valence electrons. The minimum absolute atomic E-state index is 0.144. The minimum Gasteiger partial charge on any atom is -0.482 e. The Balaban J connectivity index is 1.75. The van der Waals surface area contributed by atoms with Gasteiger partial charge < -0.3 is 14.8 Å². The summed E-state index contributed by atoms with van der Waals surface area (Å²) in [5.41, 5.74) is 0.602. The Kier molecular flexibility index (Phi) is 6.46. The lowest BCUT2D eigenvalue weighted by atomic mass is 10.3. The first-order valence-corrected chi connectivity index (χ1v) is 7.50. The zero-order valence-corrected chi connectivity index (χ0v) is 13.6. The third-order valence-corrected chi connectivity index (χ3v) is 3.18. The van der Waals surface area contributed by atoms with Gasteiger partial charge in [-0.15, -0.1) is 0 Å². The van der Waals surface area contributed by atoms with Gasteiger partial charge in [-0.3, -0.25) is 4.79 Å². The van der Waals surface area contributed by atoms with Gasteiger partial charge in [-0.1, -0.05) is 29.8 Å². The number of para-hydroxylation sites is 1. The van der Waals surface area contributed by atoms with Crippen molar-refractivity contribution in [1.82, 2.24) is 10.3 Å². The molecule has 0 aliphatic heterocycles. The summed E-state index contributed by atoms with van der Waals surface area (Å²) in [7, 11) is 0. The van der Waals surface area contributed by atoms with Crippen molar-refractivity contribution in [2.75, 3.05) is 13.2 Å². The fourth-order valence-corrected chi connectivity index (χ4v) is 1.90. The van der Waals surface area contributed by atoms with E-state index in [1.165, 1.54) is 18.3 Å². The van der Waals surface area contributed by atoms with Crippen LogP contribution in [0.2, 0.25) is 5.02 Å². The first-order valence-electron chi connectivity index (χ1n) is 7.12. The van der Waals surface area contributed by atoms with Gasteiger partial charge in [0.1, 0.15) is 5.75 Å². The minimum atomic E-state index is -4.42. The quantitative estimate of drug-likeness (QED) is 0.807. The molecule has 1 amide bonds. The smallest absolute Gasteiger partial charge is 0.422 e. The van der Waals surface area contributed by atoms with Crippen LogP contribution in [0.1, 0.15) is 5.56 Å². The van der Waals surface area contributed by atoms with Gasteiger partial charge in [0.05, 0.1) is 5.02 Å². The van der Waals surface area contributed by atoms with Crippen LogP contribution in [0, 0.1) is 0 Å². The molecule has 0 aliphatic carbocycles. The maximum atomic E-state index is 12.0. The number of pyridine rings is 1. The molecule has 0 radical (unpaired) electrons. The molecule has 0 atom stereocenters. The predicted octanol–water partition coefficient (Wildman–Crippen LogP) is 3.37. The highest BCUT2D eigenvalue weighted by Crippen LogP contribution is 2.22. The Labute approximate surface area is 146 Å². The number of hydrogen-bond donors (Lipinski definition) is 1. The normalized spacial score (nSPS) is 11.0. The third-order valence-electron chi connectivity index (χ3n) is 2.87. The highest BCUT2D eigenvalue weighted by atomic mass is 35.5. The van der Waals surface area contributed by atoms with Crippen molar-refractivity contribution in [3.63, 3.8) is 0 Å². The Morgan fingerprint density at radius 2 is 1.92 bits per heavy atom. The van der Waals surface area contributed by atoms with E-state index in [0.717, 1.165) is 0 Å². The van der Waals surface area contributed by atoms with Gasteiger partial charge in [0.2, 0.25) is 5.88 Å². The molecule has 2 rings (SSSR count). The van der Waals surface area contributed by atoms with Gasteiger partial charge in [0, 0.05) is 18.8 Å². The topological polar surface area (TPSA) is 60.5 Å². The largest absolute Gasteiger partial charge is 0.482 e. The first-order chi connectivity index (χ1) is 11.8. The molecule has 1 aromatic carbocycles. The predicted molar refractivity (Wildman–Crippen MR) is 84.6 cm³/mol. The van der Waals surface area contributed by atoms with Crippen molar-refractivity contribution in [1.29, 1.82) is 0 Å². The van der Waals surface area contributed by atoms with E-state index < -0.39 is 12.8 Å². The summed E-state index contributed by atoms with van der Waals surface area (Å²) in [5.74, 6) is -0.126. The van der Waals surface area contributed by atoms with Gasteiger partial charge in [-0.25, -0.2) is 4.98 Å². The molecule has 5 nitrogen and oxygen atoms in total. The first kappa shape index (κ1) is 18.9. The second kappa shape index (κ2) is 8.57. The second-order valence-corrected chi connectivity index (χ2v) is 5.31. The van der Waals surface area contributed by atoms with E-state index in [4.69, 9.17) is 16.3 Å². The van der Waals surface area contributed by atoms with Crippen LogP contribution in [0.4, 0.5) is 13.2 Å². The van der Waals surface area contributed by atoms with Gasteiger partial charge in [0.25, 0.3) is 5.91 Å². The number of nitrogens with one attached hydrogen (secondary N) is 1. The lowest BCUT2D eigenvalue weighted by Crippen LogP contribution is -2.28. The fraction of sp³-hybridized carbons (Fsp3) is 0.250. The maximum Gasteiger partial charge on any atom is 0.422 e. The highest BCUT2D eigenvalue weighted by Gasteiger charge is 2.28.